The topological polar surface area (TPSA) is 0 Å². The van der Waals surface area contributed by atoms with Crippen molar-refractivity contribution in [2.45, 2.75) is 26.4 Å². The molecule has 0 saturated carbocycles. The minimum atomic E-state index is -1.30. The lowest BCUT2D eigenvalue weighted by atomic mass is 10.1. The van der Waals surface area contributed by atoms with Gasteiger partial charge in [-0.05, 0) is 17.2 Å². The minimum Gasteiger partial charge on any atom is -0.0870 e. The summed E-state index contributed by atoms with van der Waals surface area (Å²) in [5.74, 6) is 0. The van der Waals surface area contributed by atoms with Crippen LogP contribution in [0.3, 0.4) is 0 Å². The minimum absolute atomic E-state index is 1.16. The SMILES string of the molecule is CCC1=C[Si](C)(C)C(c2ccccc2)=C1. The molecule has 0 bridgehead atoms. The third-order valence-electron chi connectivity index (χ3n) is 3.06. The Morgan fingerprint density at radius 2 is 1.73 bits per heavy atom. The molecule has 0 N–H and O–H groups in total. The highest BCUT2D eigenvalue weighted by molar-refractivity contribution is 6.99. The largest absolute Gasteiger partial charge is 0.105 e. The molecule has 1 heteroatoms. The summed E-state index contributed by atoms with van der Waals surface area (Å²) < 4.78 is 0. The van der Waals surface area contributed by atoms with Crippen LogP contribution in [0.4, 0.5) is 0 Å². The van der Waals surface area contributed by atoms with Crippen molar-refractivity contribution in [2.75, 3.05) is 0 Å². The first kappa shape index (κ1) is 10.4. The van der Waals surface area contributed by atoms with Gasteiger partial charge >= 0.3 is 0 Å². The zero-order valence-electron chi connectivity index (χ0n) is 9.75. The number of benzene rings is 1. The van der Waals surface area contributed by atoms with Gasteiger partial charge in [0.25, 0.3) is 0 Å². The molecule has 0 spiro atoms. The summed E-state index contributed by atoms with van der Waals surface area (Å²) in [5, 5.41) is 1.58. The van der Waals surface area contributed by atoms with Crippen LogP contribution in [0, 0.1) is 0 Å². The van der Waals surface area contributed by atoms with E-state index in [0.29, 0.717) is 0 Å². The van der Waals surface area contributed by atoms with Crippen molar-refractivity contribution in [3.8, 4) is 0 Å². The van der Waals surface area contributed by atoms with Gasteiger partial charge in [-0.2, -0.15) is 0 Å². The molecule has 15 heavy (non-hydrogen) atoms. The standard InChI is InChI=1S/C14H18Si/c1-4-12-10-14(15(2,3)11-12)13-8-6-5-7-9-13/h5-11H,4H2,1-3H3. The van der Waals surface area contributed by atoms with Gasteiger partial charge in [-0.1, -0.05) is 67.7 Å². The van der Waals surface area contributed by atoms with E-state index in [2.05, 4.69) is 62.1 Å². The van der Waals surface area contributed by atoms with Crippen LogP contribution in [0.2, 0.25) is 13.1 Å². The van der Waals surface area contributed by atoms with Gasteiger partial charge in [0.1, 0.15) is 8.07 Å². The molecule has 0 fully saturated rings. The Morgan fingerprint density at radius 1 is 1.07 bits per heavy atom. The van der Waals surface area contributed by atoms with Gasteiger partial charge in [0.05, 0.1) is 0 Å². The first-order valence-electron chi connectivity index (χ1n) is 5.63. The first-order valence-corrected chi connectivity index (χ1v) is 8.70. The van der Waals surface area contributed by atoms with Crippen LogP contribution >= 0.6 is 0 Å². The number of hydrogen-bond donors (Lipinski definition) is 0. The van der Waals surface area contributed by atoms with Crippen molar-refractivity contribution in [1.82, 2.24) is 0 Å². The normalized spacial score (nSPS) is 18.6. The van der Waals surface area contributed by atoms with Crippen molar-refractivity contribution >= 4 is 13.3 Å². The smallest absolute Gasteiger partial charge is 0.0870 e. The maximum Gasteiger partial charge on any atom is 0.105 e. The van der Waals surface area contributed by atoms with E-state index in [0.717, 1.165) is 6.42 Å². The molecule has 0 amide bonds. The predicted octanol–water partition coefficient (Wildman–Crippen LogP) is 4.21. The second kappa shape index (κ2) is 3.82. The Balaban J connectivity index is 2.41. The lowest BCUT2D eigenvalue weighted by molar-refractivity contribution is 1.16. The molecule has 1 aliphatic rings. The molecular weight excluding hydrogens is 196 g/mol. The molecule has 1 aromatic carbocycles. The van der Waals surface area contributed by atoms with E-state index in [1.54, 1.807) is 5.20 Å². The fourth-order valence-electron chi connectivity index (χ4n) is 2.23. The van der Waals surface area contributed by atoms with E-state index in [1.807, 2.05) is 0 Å². The van der Waals surface area contributed by atoms with Gasteiger partial charge in [-0.3, -0.25) is 0 Å². The van der Waals surface area contributed by atoms with Gasteiger partial charge in [-0.15, -0.1) is 0 Å². The lowest BCUT2D eigenvalue weighted by Gasteiger charge is -2.18. The second-order valence-corrected chi connectivity index (χ2v) is 8.99. The van der Waals surface area contributed by atoms with Crippen LogP contribution in [0.5, 0.6) is 0 Å². The van der Waals surface area contributed by atoms with Crippen molar-refractivity contribution in [3.05, 3.63) is 53.2 Å². The molecule has 0 nitrogen and oxygen atoms in total. The second-order valence-electron chi connectivity index (χ2n) is 4.72. The summed E-state index contributed by atoms with van der Waals surface area (Å²) in [6.07, 6.45) is 3.56. The quantitative estimate of drug-likeness (QED) is 0.647. The Morgan fingerprint density at radius 3 is 2.27 bits per heavy atom. The van der Waals surface area contributed by atoms with Crippen LogP contribution in [0.25, 0.3) is 5.20 Å². The maximum absolute atomic E-state index is 2.52. The fraction of sp³-hybridized carbons (Fsp3) is 0.286. The summed E-state index contributed by atoms with van der Waals surface area (Å²) in [7, 11) is -1.30. The Bertz CT molecular complexity index is 410. The molecular formula is C14H18Si. The average Bonchev–Trinajstić information content (AvgIpc) is 2.55. The molecule has 1 aromatic rings. The predicted molar refractivity (Wildman–Crippen MR) is 70.3 cm³/mol. The van der Waals surface area contributed by atoms with E-state index in [-0.39, 0.29) is 0 Å². The first-order chi connectivity index (χ1) is 7.13. The Kier molecular flexibility index (Phi) is 2.66. The van der Waals surface area contributed by atoms with E-state index in [1.165, 1.54) is 11.1 Å². The number of allylic oxidation sites excluding steroid dienone is 2. The zero-order valence-corrected chi connectivity index (χ0v) is 10.7. The van der Waals surface area contributed by atoms with Gasteiger partial charge in [0.15, 0.2) is 0 Å². The maximum atomic E-state index is 2.52. The Hall–Kier alpha value is -1.08. The Labute approximate surface area is 93.3 Å². The summed E-state index contributed by atoms with van der Waals surface area (Å²) in [6.45, 7) is 7.09. The fourth-order valence-corrected chi connectivity index (χ4v) is 5.07. The molecule has 0 unspecified atom stereocenters. The van der Waals surface area contributed by atoms with E-state index in [9.17, 15) is 0 Å². The van der Waals surface area contributed by atoms with Crippen molar-refractivity contribution in [3.63, 3.8) is 0 Å². The van der Waals surface area contributed by atoms with E-state index < -0.39 is 8.07 Å². The third-order valence-corrected chi connectivity index (χ3v) is 5.98. The summed E-state index contributed by atoms with van der Waals surface area (Å²) in [4.78, 5) is 0. The highest BCUT2D eigenvalue weighted by Gasteiger charge is 2.28. The number of rotatable bonds is 2. The molecule has 2 rings (SSSR count). The molecule has 0 radical (unpaired) electrons. The monoisotopic (exact) mass is 214 g/mol. The number of hydrogen-bond acceptors (Lipinski definition) is 0. The molecule has 0 saturated heterocycles. The van der Waals surface area contributed by atoms with Gasteiger partial charge in [0, 0.05) is 0 Å². The van der Waals surface area contributed by atoms with Crippen molar-refractivity contribution < 1.29 is 0 Å². The molecule has 0 aliphatic carbocycles. The van der Waals surface area contributed by atoms with Crippen molar-refractivity contribution in [2.24, 2.45) is 0 Å². The van der Waals surface area contributed by atoms with Gasteiger partial charge in [-0.25, -0.2) is 0 Å². The highest BCUT2D eigenvalue weighted by atomic mass is 28.3. The van der Waals surface area contributed by atoms with Crippen LogP contribution < -0.4 is 0 Å². The average molecular weight is 214 g/mol. The summed E-state index contributed by atoms with van der Waals surface area (Å²) >= 11 is 0. The lowest BCUT2D eigenvalue weighted by Crippen LogP contribution is -2.22. The van der Waals surface area contributed by atoms with Gasteiger partial charge in [0.2, 0.25) is 0 Å². The van der Waals surface area contributed by atoms with Crippen LogP contribution in [-0.4, -0.2) is 8.07 Å². The zero-order chi connectivity index (χ0) is 10.9. The van der Waals surface area contributed by atoms with Crippen molar-refractivity contribution in [1.29, 1.82) is 0 Å². The molecule has 78 valence electrons. The molecule has 0 atom stereocenters. The summed E-state index contributed by atoms with van der Waals surface area (Å²) in [6, 6.07) is 10.8. The van der Waals surface area contributed by atoms with Gasteiger partial charge < -0.3 is 0 Å². The molecule has 0 aromatic heterocycles. The third kappa shape index (κ3) is 1.98. The highest BCUT2D eigenvalue weighted by Crippen LogP contribution is 2.34. The molecule has 1 heterocycles. The van der Waals surface area contributed by atoms with Crippen LogP contribution in [-0.2, 0) is 0 Å². The van der Waals surface area contributed by atoms with Crippen LogP contribution in [0.15, 0.2) is 47.7 Å². The molecule has 1 aliphatic heterocycles. The van der Waals surface area contributed by atoms with E-state index in [4.69, 9.17) is 0 Å². The summed E-state index contributed by atoms with van der Waals surface area (Å²) in [5.41, 5.74) is 5.45. The van der Waals surface area contributed by atoms with E-state index >= 15 is 0 Å². The van der Waals surface area contributed by atoms with Crippen LogP contribution in [0.1, 0.15) is 18.9 Å².